The van der Waals surface area contributed by atoms with Gasteiger partial charge >= 0.3 is 0 Å². The van der Waals surface area contributed by atoms with E-state index in [0.717, 1.165) is 18.5 Å². The number of aryl methyl sites for hydroxylation is 1. The summed E-state index contributed by atoms with van der Waals surface area (Å²) >= 11 is 0. The Morgan fingerprint density at radius 2 is 1.94 bits per heavy atom. The number of nitrogens with one attached hydrogen (secondary N) is 1. The van der Waals surface area contributed by atoms with E-state index in [-0.39, 0.29) is 5.82 Å². The molecule has 0 saturated heterocycles. The lowest BCUT2D eigenvalue weighted by atomic mass is 10.1. The largest absolute Gasteiger partial charge is 0.314 e. The van der Waals surface area contributed by atoms with Gasteiger partial charge in [-0.25, -0.2) is 4.39 Å². The van der Waals surface area contributed by atoms with Gasteiger partial charge in [0.2, 0.25) is 0 Å². The average molecular weight is 223 g/mol. The lowest BCUT2D eigenvalue weighted by Gasteiger charge is -2.15. The molecule has 2 heteroatoms. The van der Waals surface area contributed by atoms with E-state index in [2.05, 4.69) is 19.2 Å². The molecule has 0 aliphatic heterocycles. The van der Waals surface area contributed by atoms with Crippen molar-refractivity contribution in [2.24, 2.45) is 0 Å². The molecule has 0 saturated carbocycles. The highest BCUT2D eigenvalue weighted by Gasteiger charge is 2.03. The maximum absolute atomic E-state index is 12.9. The molecule has 0 aliphatic rings. The van der Waals surface area contributed by atoms with E-state index in [1.54, 1.807) is 12.1 Å². The van der Waals surface area contributed by atoms with Crippen LogP contribution in [-0.2, 0) is 6.42 Å². The summed E-state index contributed by atoms with van der Waals surface area (Å²) in [5.41, 5.74) is 2.28. The van der Waals surface area contributed by atoms with E-state index >= 15 is 0 Å². The summed E-state index contributed by atoms with van der Waals surface area (Å²) in [5, 5.41) is 3.52. The third kappa shape index (κ3) is 3.93. The van der Waals surface area contributed by atoms with E-state index in [1.165, 1.54) is 18.4 Å². The third-order valence-electron chi connectivity index (χ3n) is 3.12. The molecule has 1 aromatic carbocycles. The Labute approximate surface area is 98.1 Å². The Hall–Kier alpha value is -0.890. The van der Waals surface area contributed by atoms with Crippen molar-refractivity contribution in [1.29, 1.82) is 0 Å². The minimum atomic E-state index is -0.144. The zero-order valence-electron chi connectivity index (χ0n) is 10.5. The summed E-state index contributed by atoms with van der Waals surface area (Å²) in [7, 11) is 0. The standard InChI is InChI=1S/C14H22FN/c1-4-14(5-2)16-9-8-12-6-7-13(15)10-11(12)3/h6-7,10,14,16H,4-5,8-9H2,1-3H3. The molecular formula is C14H22FN. The lowest BCUT2D eigenvalue weighted by molar-refractivity contribution is 0.488. The zero-order chi connectivity index (χ0) is 12.0. The van der Waals surface area contributed by atoms with Crippen molar-refractivity contribution in [1.82, 2.24) is 5.32 Å². The maximum atomic E-state index is 12.9. The molecule has 0 unspecified atom stereocenters. The van der Waals surface area contributed by atoms with Gasteiger partial charge in [-0.05, 0) is 56.0 Å². The molecule has 0 bridgehead atoms. The van der Waals surface area contributed by atoms with Gasteiger partial charge in [0.15, 0.2) is 0 Å². The second kappa shape index (κ2) is 6.64. The second-order valence-electron chi connectivity index (χ2n) is 4.29. The first-order valence-corrected chi connectivity index (χ1v) is 6.15. The molecule has 0 amide bonds. The van der Waals surface area contributed by atoms with E-state index in [1.807, 2.05) is 13.0 Å². The summed E-state index contributed by atoms with van der Waals surface area (Å²) in [4.78, 5) is 0. The number of rotatable bonds is 6. The fourth-order valence-electron chi connectivity index (χ4n) is 1.93. The van der Waals surface area contributed by atoms with Crippen molar-refractivity contribution in [3.05, 3.63) is 35.1 Å². The minimum absolute atomic E-state index is 0.144. The average Bonchev–Trinajstić information content (AvgIpc) is 2.27. The molecule has 0 heterocycles. The molecule has 16 heavy (non-hydrogen) atoms. The van der Waals surface area contributed by atoms with E-state index in [0.29, 0.717) is 6.04 Å². The highest BCUT2D eigenvalue weighted by atomic mass is 19.1. The van der Waals surface area contributed by atoms with Crippen molar-refractivity contribution in [2.45, 2.75) is 46.1 Å². The Kier molecular flexibility index (Phi) is 5.47. The van der Waals surface area contributed by atoms with Gasteiger partial charge in [0.1, 0.15) is 5.82 Å². The van der Waals surface area contributed by atoms with E-state index < -0.39 is 0 Å². The molecule has 1 aromatic rings. The number of hydrogen-bond acceptors (Lipinski definition) is 1. The predicted molar refractivity (Wildman–Crippen MR) is 67.2 cm³/mol. The molecule has 0 radical (unpaired) electrons. The van der Waals surface area contributed by atoms with Crippen LogP contribution in [0.2, 0.25) is 0 Å². The van der Waals surface area contributed by atoms with Crippen LogP contribution in [0.3, 0.4) is 0 Å². The van der Waals surface area contributed by atoms with Crippen molar-refractivity contribution in [3.8, 4) is 0 Å². The van der Waals surface area contributed by atoms with Gasteiger partial charge in [-0.15, -0.1) is 0 Å². The summed E-state index contributed by atoms with van der Waals surface area (Å²) in [6.45, 7) is 7.34. The molecule has 1 nitrogen and oxygen atoms in total. The van der Waals surface area contributed by atoms with Crippen LogP contribution in [0.5, 0.6) is 0 Å². The molecule has 90 valence electrons. The minimum Gasteiger partial charge on any atom is -0.314 e. The van der Waals surface area contributed by atoms with Gasteiger partial charge in [-0.1, -0.05) is 19.9 Å². The quantitative estimate of drug-likeness (QED) is 0.779. The number of hydrogen-bond donors (Lipinski definition) is 1. The van der Waals surface area contributed by atoms with Crippen LogP contribution in [0.1, 0.15) is 37.8 Å². The van der Waals surface area contributed by atoms with Crippen molar-refractivity contribution in [3.63, 3.8) is 0 Å². The Bertz CT molecular complexity index is 319. The molecule has 1 N–H and O–H groups in total. The van der Waals surface area contributed by atoms with Gasteiger partial charge in [0.05, 0.1) is 0 Å². The predicted octanol–water partition coefficient (Wildman–Crippen LogP) is 3.45. The van der Waals surface area contributed by atoms with Crippen molar-refractivity contribution >= 4 is 0 Å². The van der Waals surface area contributed by atoms with Crippen LogP contribution in [0.4, 0.5) is 4.39 Å². The monoisotopic (exact) mass is 223 g/mol. The van der Waals surface area contributed by atoms with Crippen LogP contribution in [-0.4, -0.2) is 12.6 Å². The Morgan fingerprint density at radius 1 is 1.25 bits per heavy atom. The first kappa shape index (κ1) is 13.2. The molecule has 1 rings (SSSR count). The lowest BCUT2D eigenvalue weighted by Crippen LogP contribution is -2.29. The van der Waals surface area contributed by atoms with Crippen LogP contribution < -0.4 is 5.32 Å². The second-order valence-corrected chi connectivity index (χ2v) is 4.29. The van der Waals surface area contributed by atoms with Gasteiger partial charge in [-0.2, -0.15) is 0 Å². The SMILES string of the molecule is CCC(CC)NCCc1ccc(F)cc1C. The summed E-state index contributed by atoms with van der Waals surface area (Å²) < 4.78 is 12.9. The van der Waals surface area contributed by atoms with E-state index in [4.69, 9.17) is 0 Å². The van der Waals surface area contributed by atoms with Crippen molar-refractivity contribution < 1.29 is 4.39 Å². The summed E-state index contributed by atoms with van der Waals surface area (Å²) in [5.74, 6) is -0.144. The normalized spacial score (nSPS) is 11.1. The fourth-order valence-corrected chi connectivity index (χ4v) is 1.93. The third-order valence-corrected chi connectivity index (χ3v) is 3.12. The molecule has 0 aromatic heterocycles. The molecule has 0 spiro atoms. The van der Waals surface area contributed by atoms with Gasteiger partial charge < -0.3 is 5.32 Å². The fraction of sp³-hybridized carbons (Fsp3) is 0.571. The maximum Gasteiger partial charge on any atom is 0.123 e. The molecular weight excluding hydrogens is 201 g/mol. The summed E-state index contributed by atoms with van der Waals surface area (Å²) in [6, 6.07) is 5.64. The van der Waals surface area contributed by atoms with Gasteiger partial charge in [0.25, 0.3) is 0 Å². The highest BCUT2D eigenvalue weighted by molar-refractivity contribution is 5.26. The first-order valence-electron chi connectivity index (χ1n) is 6.15. The number of benzene rings is 1. The van der Waals surface area contributed by atoms with Crippen molar-refractivity contribution in [2.75, 3.05) is 6.54 Å². The van der Waals surface area contributed by atoms with Crippen LogP contribution in [0.25, 0.3) is 0 Å². The van der Waals surface area contributed by atoms with Gasteiger partial charge in [-0.3, -0.25) is 0 Å². The Balaban J connectivity index is 2.42. The van der Waals surface area contributed by atoms with Crippen LogP contribution in [0.15, 0.2) is 18.2 Å². The zero-order valence-corrected chi connectivity index (χ0v) is 10.5. The van der Waals surface area contributed by atoms with Crippen LogP contribution >= 0.6 is 0 Å². The molecule has 0 fully saturated rings. The highest BCUT2D eigenvalue weighted by Crippen LogP contribution is 2.10. The van der Waals surface area contributed by atoms with Crippen LogP contribution in [0, 0.1) is 12.7 Å². The van der Waals surface area contributed by atoms with E-state index in [9.17, 15) is 4.39 Å². The Morgan fingerprint density at radius 3 is 2.50 bits per heavy atom. The smallest absolute Gasteiger partial charge is 0.123 e. The molecule has 0 aliphatic carbocycles. The topological polar surface area (TPSA) is 12.0 Å². The molecule has 0 atom stereocenters. The summed E-state index contributed by atoms with van der Waals surface area (Å²) in [6.07, 6.45) is 3.31. The number of halogens is 1. The first-order chi connectivity index (χ1) is 7.67. The van der Waals surface area contributed by atoms with Gasteiger partial charge in [0, 0.05) is 6.04 Å².